The molecule has 48 heavy (non-hydrogen) atoms. The standard InChI is InChI=1S/C34H29N5O6S3/c1-38-14-12-23(13-15-38)46-17-22-18-47-32-27(37-30(42)24(16-26(40)41)25-19-48-34(35)36-25)31(43)39(32)28(22)33(44)45-29(20-8-4-2-5-9-20)21-10-6-3-7-11-21/h2-16,19,27,29,32H,17-18H2,1H3,(H3-,35,36,37,40,41,42)/p+1/t27?,32-/m1/s1. The summed E-state index contributed by atoms with van der Waals surface area (Å²) in [6.07, 6.45) is 3.86. The summed E-state index contributed by atoms with van der Waals surface area (Å²) in [5.74, 6) is -2.48. The second kappa shape index (κ2) is 14.5. The zero-order valence-electron chi connectivity index (χ0n) is 25.5. The predicted octanol–water partition coefficient (Wildman–Crippen LogP) is 3.80. The van der Waals surface area contributed by atoms with Crippen LogP contribution in [-0.2, 0) is 31.0 Å². The lowest BCUT2D eigenvalue weighted by molar-refractivity contribution is -0.671. The third-order valence-corrected chi connectivity index (χ3v) is 10.7. The van der Waals surface area contributed by atoms with Gasteiger partial charge in [0, 0.05) is 40.0 Å². The second-order valence-electron chi connectivity index (χ2n) is 10.9. The van der Waals surface area contributed by atoms with Gasteiger partial charge in [0.15, 0.2) is 23.6 Å². The zero-order chi connectivity index (χ0) is 33.8. The van der Waals surface area contributed by atoms with Gasteiger partial charge in [-0.25, -0.2) is 19.1 Å². The molecule has 14 heteroatoms. The number of β-lactam (4-membered cyclic amide) rings is 1. The normalized spacial score (nSPS) is 17.5. The van der Waals surface area contributed by atoms with E-state index < -0.39 is 41.3 Å². The lowest BCUT2D eigenvalue weighted by Crippen LogP contribution is -2.70. The van der Waals surface area contributed by atoms with E-state index in [-0.39, 0.29) is 22.1 Å². The van der Waals surface area contributed by atoms with E-state index in [1.165, 1.54) is 33.8 Å². The van der Waals surface area contributed by atoms with Crippen LogP contribution in [0.5, 0.6) is 0 Å². The first-order valence-electron chi connectivity index (χ1n) is 14.7. The Morgan fingerprint density at radius 1 is 1.10 bits per heavy atom. The summed E-state index contributed by atoms with van der Waals surface area (Å²) < 4.78 is 8.15. The fourth-order valence-electron chi connectivity index (χ4n) is 5.29. The molecule has 0 saturated carbocycles. The maximum absolute atomic E-state index is 14.2. The summed E-state index contributed by atoms with van der Waals surface area (Å²) in [6.45, 7) is 0. The summed E-state index contributed by atoms with van der Waals surface area (Å²) in [4.78, 5) is 59.3. The number of anilines is 1. The van der Waals surface area contributed by atoms with Crippen LogP contribution in [0.2, 0.25) is 0 Å². The van der Waals surface area contributed by atoms with E-state index in [9.17, 15) is 24.3 Å². The average molecular weight is 701 g/mol. The molecule has 2 aliphatic heterocycles. The Morgan fingerprint density at radius 3 is 2.33 bits per heavy atom. The first-order valence-corrected chi connectivity index (χ1v) is 17.6. The molecule has 0 bridgehead atoms. The van der Waals surface area contributed by atoms with Gasteiger partial charge in [-0.3, -0.25) is 14.5 Å². The molecule has 2 aromatic carbocycles. The van der Waals surface area contributed by atoms with E-state index in [2.05, 4.69) is 10.3 Å². The van der Waals surface area contributed by atoms with Crippen LogP contribution in [-0.4, -0.2) is 61.7 Å². The van der Waals surface area contributed by atoms with E-state index in [1.807, 2.05) is 96.8 Å². The number of fused-ring (bicyclic) bond motifs is 1. The number of carbonyl (C=O) groups is 4. The highest BCUT2D eigenvalue weighted by molar-refractivity contribution is 8.01. The molecule has 244 valence electrons. The number of nitrogens with zero attached hydrogens (tertiary/aromatic N) is 3. The van der Waals surface area contributed by atoms with Crippen LogP contribution in [0, 0.1) is 0 Å². The number of carbonyl (C=O) groups excluding carboxylic acids is 3. The number of hydrogen-bond donors (Lipinski definition) is 3. The highest BCUT2D eigenvalue weighted by atomic mass is 32.2. The number of ether oxygens (including phenoxy) is 1. The number of thiazole rings is 1. The molecular weight excluding hydrogens is 671 g/mol. The van der Waals surface area contributed by atoms with Crippen LogP contribution < -0.4 is 15.6 Å². The number of aromatic nitrogens is 2. The number of pyridine rings is 1. The SMILES string of the molecule is C[n+]1ccc(SCC2=C(C(=O)OC(c3ccccc3)c3ccccc3)N3C(=O)C(NC(=O)C(=CC(=O)O)c4csc(N)n4)[C@H]3SC2)cc1. The van der Waals surface area contributed by atoms with Crippen molar-refractivity contribution >= 4 is 69.3 Å². The van der Waals surface area contributed by atoms with Crippen molar-refractivity contribution in [3.05, 3.63) is 125 Å². The number of aliphatic carboxylic acids is 1. The Morgan fingerprint density at radius 2 is 1.75 bits per heavy atom. The van der Waals surface area contributed by atoms with Crippen LogP contribution in [0.1, 0.15) is 22.9 Å². The summed E-state index contributed by atoms with van der Waals surface area (Å²) >= 11 is 4.00. The maximum Gasteiger partial charge on any atom is 0.356 e. The first kappa shape index (κ1) is 33.0. The number of amides is 2. The topological polar surface area (TPSA) is 156 Å². The van der Waals surface area contributed by atoms with Gasteiger partial charge >= 0.3 is 11.9 Å². The van der Waals surface area contributed by atoms with Crippen molar-refractivity contribution < 1.29 is 33.6 Å². The maximum atomic E-state index is 14.2. The minimum Gasteiger partial charge on any atom is -0.478 e. The van der Waals surface area contributed by atoms with Crippen molar-refractivity contribution in [3.63, 3.8) is 0 Å². The number of thioether (sulfide) groups is 2. The summed E-state index contributed by atoms with van der Waals surface area (Å²) in [5, 5.41) is 13.1. The molecule has 0 aliphatic carbocycles. The van der Waals surface area contributed by atoms with Gasteiger partial charge in [-0.15, -0.1) is 34.9 Å². The Balaban J connectivity index is 1.29. The first-order chi connectivity index (χ1) is 23.2. The molecule has 1 unspecified atom stereocenters. The van der Waals surface area contributed by atoms with Gasteiger partial charge in [-0.1, -0.05) is 60.7 Å². The molecule has 6 rings (SSSR count). The number of hydrogen-bond acceptors (Lipinski definition) is 10. The van der Waals surface area contributed by atoms with Crippen LogP contribution >= 0.6 is 34.9 Å². The highest BCUT2D eigenvalue weighted by Gasteiger charge is 2.54. The van der Waals surface area contributed by atoms with Crippen molar-refractivity contribution in [2.45, 2.75) is 22.4 Å². The van der Waals surface area contributed by atoms with Crippen LogP contribution in [0.4, 0.5) is 5.13 Å². The largest absolute Gasteiger partial charge is 0.478 e. The molecule has 2 amide bonds. The van der Waals surface area contributed by atoms with Gasteiger partial charge in [0.1, 0.15) is 24.2 Å². The molecule has 4 heterocycles. The molecule has 2 atom stereocenters. The summed E-state index contributed by atoms with van der Waals surface area (Å²) in [7, 11) is 1.93. The fraction of sp³-hybridized carbons (Fsp3) is 0.176. The minimum atomic E-state index is -1.35. The Hall–Kier alpha value is -4.92. The monoisotopic (exact) mass is 700 g/mol. The highest BCUT2D eigenvalue weighted by Crippen LogP contribution is 2.43. The van der Waals surface area contributed by atoms with E-state index >= 15 is 0 Å². The lowest BCUT2D eigenvalue weighted by Gasteiger charge is -2.50. The molecular formula is C34H30N5O6S3+. The molecule has 0 radical (unpaired) electrons. The minimum absolute atomic E-state index is 0.0863. The predicted molar refractivity (Wildman–Crippen MR) is 183 cm³/mol. The van der Waals surface area contributed by atoms with Crippen molar-refractivity contribution in [2.75, 3.05) is 17.2 Å². The van der Waals surface area contributed by atoms with Gasteiger partial charge in [0.05, 0.1) is 11.3 Å². The number of benzene rings is 2. The smallest absolute Gasteiger partial charge is 0.356 e. The fourth-order valence-corrected chi connectivity index (χ4v) is 8.23. The van der Waals surface area contributed by atoms with Gasteiger partial charge in [-0.05, 0) is 16.7 Å². The Bertz CT molecular complexity index is 1870. The third kappa shape index (κ3) is 7.15. The molecule has 11 nitrogen and oxygen atoms in total. The second-order valence-corrected chi connectivity index (χ2v) is 13.9. The Kier molecular flexibility index (Phi) is 9.94. The number of nitrogens with two attached hydrogens (primary N) is 1. The van der Waals surface area contributed by atoms with Crippen molar-refractivity contribution in [1.29, 1.82) is 0 Å². The van der Waals surface area contributed by atoms with E-state index in [0.29, 0.717) is 11.5 Å². The summed E-state index contributed by atoms with van der Waals surface area (Å²) in [6, 6.07) is 21.7. The molecule has 0 spiro atoms. The van der Waals surface area contributed by atoms with Crippen molar-refractivity contribution in [3.8, 4) is 0 Å². The van der Waals surface area contributed by atoms with Gasteiger partial charge < -0.3 is 20.9 Å². The van der Waals surface area contributed by atoms with Gasteiger partial charge in [-0.2, -0.15) is 0 Å². The third-order valence-electron chi connectivity index (χ3n) is 7.63. The number of carboxylic acids is 1. The van der Waals surface area contributed by atoms with Crippen molar-refractivity contribution in [1.82, 2.24) is 15.2 Å². The van der Waals surface area contributed by atoms with E-state index in [1.54, 1.807) is 0 Å². The molecule has 1 saturated heterocycles. The number of esters is 1. The molecule has 2 aliphatic rings. The zero-order valence-corrected chi connectivity index (χ0v) is 28.0. The lowest BCUT2D eigenvalue weighted by atomic mass is 10.0. The number of nitrogens with one attached hydrogen (secondary N) is 1. The van der Waals surface area contributed by atoms with E-state index in [4.69, 9.17) is 10.5 Å². The Labute approximate surface area is 288 Å². The van der Waals surface area contributed by atoms with Gasteiger partial charge in [0.25, 0.3) is 11.8 Å². The number of nitrogen functional groups attached to an aromatic ring is 1. The number of rotatable bonds is 11. The van der Waals surface area contributed by atoms with Gasteiger partial charge in [0.2, 0.25) is 0 Å². The van der Waals surface area contributed by atoms with Crippen LogP contribution in [0.15, 0.2) is 113 Å². The number of aryl methyl sites for hydroxylation is 1. The van der Waals surface area contributed by atoms with Crippen molar-refractivity contribution in [2.24, 2.45) is 7.05 Å². The molecule has 4 aromatic rings. The van der Waals surface area contributed by atoms with Crippen LogP contribution in [0.25, 0.3) is 5.57 Å². The molecule has 2 aromatic heterocycles. The van der Waals surface area contributed by atoms with E-state index in [0.717, 1.165) is 39.0 Å². The molecule has 1 fully saturated rings. The number of carboxylic acid groups (broad SMARTS) is 1. The molecule has 4 N–H and O–H groups in total. The average Bonchev–Trinajstić information content (AvgIpc) is 3.53. The quantitative estimate of drug-likeness (QED) is 0.0692. The van der Waals surface area contributed by atoms with Crippen LogP contribution in [0.3, 0.4) is 0 Å². The summed E-state index contributed by atoms with van der Waals surface area (Å²) in [5.41, 5.74) is 7.98.